The van der Waals surface area contributed by atoms with Gasteiger partial charge in [-0.05, 0) is 43.0 Å². The zero-order valence-corrected chi connectivity index (χ0v) is 17.8. The summed E-state index contributed by atoms with van der Waals surface area (Å²) >= 11 is 6.21. The number of nitrogens with one attached hydrogen (secondary N) is 1. The predicted molar refractivity (Wildman–Crippen MR) is 125 cm³/mol. The molecule has 0 atom stereocenters. The molecule has 0 radical (unpaired) electrons. The van der Waals surface area contributed by atoms with E-state index in [9.17, 15) is 4.79 Å². The van der Waals surface area contributed by atoms with Gasteiger partial charge < -0.3 is 10.2 Å². The molecule has 0 unspecified atom stereocenters. The van der Waals surface area contributed by atoms with Crippen molar-refractivity contribution in [3.63, 3.8) is 0 Å². The molecular weight excluding hydrogens is 392 g/mol. The third kappa shape index (κ3) is 5.29. The van der Waals surface area contributed by atoms with E-state index in [0.717, 1.165) is 44.6 Å². The van der Waals surface area contributed by atoms with E-state index in [1.54, 1.807) is 6.07 Å². The Bertz CT molecular complexity index is 967. The third-order valence-corrected chi connectivity index (χ3v) is 6.00. The maximum atomic E-state index is 13.0. The minimum absolute atomic E-state index is 0.000831. The molecule has 1 aliphatic heterocycles. The highest BCUT2D eigenvalue weighted by atomic mass is 35.5. The first-order valence-electron chi connectivity index (χ1n) is 10.6. The molecule has 0 bridgehead atoms. The van der Waals surface area contributed by atoms with Gasteiger partial charge in [0.1, 0.15) is 0 Å². The Balaban J connectivity index is 1.37. The lowest BCUT2D eigenvalue weighted by Crippen LogP contribution is -2.40. The number of carbonyl (C=O) groups excluding carboxylic acids is 1. The molecule has 4 rings (SSSR count). The molecule has 0 spiro atoms. The topological polar surface area (TPSA) is 32.3 Å². The normalized spacial score (nSPS) is 15.1. The van der Waals surface area contributed by atoms with Crippen LogP contribution in [0.2, 0.25) is 5.02 Å². The van der Waals surface area contributed by atoms with E-state index in [-0.39, 0.29) is 5.78 Å². The molecule has 30 heavy (non-hydrogen) atoms. The van der Waals surface area contributed by atoms with E-state index >= 15 is 0 Å². The van der Waals surface area contributed by atoms with Gasteiger partial charge in [0.25, 0.3) is 0 Å². The number of piperidine rings is 1. The van der Waals surface area contributed by atoms with Gasteiger partial charge in [-0.3, -0.25) is 4.79 Å². The Morgan fingerprint density at radius 2 is 1.60 bits per heavy atom. The number of rotatable bonds is 7. The summed E-state index contributed by atoms with van der Waals surface area (Å²) in [5.74, 6) is 0.000831. The molecule has 0 saturated carbocycles. The van der Waals surface area contributed by atoms with E-state index in [4.69, 9.17) is 11.6 Å². The zero-order valence-electron chi connectivity index (χ0n) is 17.1. The Hall–Kier alpha value is -2.62. The molecule has 3 aromatic carbocycles. The second kappa shape index (κ2) is 9.92. The Morgan fingerprint density at radius 1 is 0.933 bits per heavy atom. The molecule has 1 aliphatic rings. The summed E-state index contributed by atoms with van der Waals surface area (Å²) in [4.78, 5) is 15.6. The molecule has 3 aromatic rings. The number of halogens is 1. The number of benzene rings is 3. The Kier molecular flexibility index (Phi) is 6.83. The number of carbonyl (C=O) groups is 1. The molecule has 0 aliphatic carbocycles. The molecule has 0 amide bonds. The van der Waals surface area contributed by atoms with Gasteiger partial charge in [0.2, 0.25) is 0 Å². The molecule has 1 N–H and O–H groups in total. The first-order chi connectivity index (χ1) is 14.7. The number of likely N-dealkylation sites (tertiary alicyclic amines) is 1. The van der Waals surface area contributed by atoms with Crippen molar-refractivity contribution in [2.24, 2.45) is 0 Å². The molecule has 3 nitrogen and oxygen atoms in total. The lowest BCUT2D eigenvalue weighted by Gasteiger charge is -2.33. The smallest absolute Gasteiger partial charge is 0.195 e. The highest BCUT2D eigenvalue weighted by Gasteiger charge is 2.21. The van der Waals surface area contributed by atoms with Crippen LogP contribution in [-0.4, -0.2) is 36.4 Å². The van der Waals surface area contributed by atoms with Crippen LogP contribution >= 0.6 is 11.6 Å². The molecule has 0 aromatic heterocycles. The number of hydrogen-bond acceptors (Lipinski definition) is 3. The van der Waals surface area contributed by atoms with Crippen LogP contribution in [0.5, 0.6) is 0 Å². The first kappa shape index (κ1) is 20.6. The highest BCUT2D eigenvalue weighted by molar-refractivity contribution is 6.31. The SMILES string of the molecule is O=C(c1ccccc1)c1cc(Cl)ccc1NC1CCN(CCc2ccccc2)CC1. The third-order valence-electron chi connectivity index (χ3n) is 5.77. The monoisotopic (exact) mass is 418 g/mol. The average Bonchev–Trinajstić information content (AvgIpc) is 2.80. The number of nitrogens with zero attached hydrogens (tertiary/aromatic N) is 1. The van der Waals surface area contributed by atoms with Crippen molar-refractivity contribution >= 4 is 23.1 Å². The summed E-state index contributed by atoms with van der Waals surface area (Å²) in [7, 11) is 0. The Morgan fingerprint density at radius 3 is 2.30 bits per heavy atom. The lowest BCUT2D eigenvalue weighted by molar-refractivity contribution is 0.103. The van der Waals surface area contributed by atoms with Crippen LogP contribution in [-0.2, 0) is 6.42 Å². The van der Waals surface area contributed by atoms with Crippen molar-refractivity contribution in [1.29, 1.82) is 0 Å². The fourth-order valence-corrected chi connectivity index (χ4v) is 4.20. The lowest BCUT2D eigenvalue weighted by atomic mass is 9.99. The van der Waals surface area contributed by atoms with Crippen LogP contribution in [0.3, 0.4) is 0 Å². The average molecular weight is 419 g/mol. The van der Waals surface area contributed by atoms with Crippen LogP contribution in [0, 0.1) is 0 Å². The molecule has 1 saturated heterocycles. The van der Waals surface area contributed by atoms with Crippen LogP contribution in [0.15, 0.2) is 78.9 Å². The van der Waals surface area contributed by atoms with Gasteiger partial charge in [-0.1, -0.05) is 72.3 Å². The first-order valence-corrected chi connectivity index (χ1v) is 11.0. The fourth-order valence-electron chi connectivity index (χ4n) is 4.03. The van der Waals surface area contributed by atoms with E-state index < -0.39 is 0 Å². The van der Waals surface area contributed by atoms with Crippen LogP contribution in [0.4, 0.5) is 5.69 Å². The highest BCUT2D eigenvalue weighted by Crippen LogP contribution is 2.26. The summed E-state index contributed by atoms with van der Waals surface area (Å²) in [5, 5.41) is 4.19. The maximum Gasteiger partial charge on any atom is 0.195 e. The van der Waals surface area contributed by atoms with E-state index in [2.05, 4.69) is 40.5 Å². The van der Waals surface area contributed by atoms with Gasteiger partial charge in [0.15, 0.2) is 5.78 Å². The second-order valence-electron chi connectivity index (χ2n) is 7.88. The van der Waals surface area contributed by atoms with Crippen LogP contribution in [0.25, 0.3) is 0 Å². The maximum absolute atomic E-state index is 13.0. The minimum Gasteiger partial charge on any atom is -0.382 e. The Labute approximate surface area is 183 Å². The molecular formula is C26H27ClN2O. The summed E-state index contributed by atoms with van der Waals surface area (Å²) in [6.07, 6.45) is 3.22. The minimum atomic E-state index is 0.000831. The molecule has 1 heterocycles. The van der Waals surface area contributed by atoms with Crippen molar-refractivity contribution in [2.75, 3.05) is 25.0 Å². The van der Waals surface area contributed by atoms with Gasteiger partial charge in [-0.25, -0.2) is 0 Å². The van der Waals surface area contributed by atoms with Gasteiger partial charge in [-0.15, -0.1) is 0 Å². The van der Waals surface area contributed by atoms with Crippen molar-refractivity contribution in [1.82, 2.24) is 4.90 Å². The van der Waals surface area contributed by atoms with E-state index in [0.29, 0.717) is 22.2 Å². The standard InChI is InChI=1S/C26H27ClN2O/c27-22-11-12-25(24(19-22)26(30)21-9-5-2-6-10-21)28-23-14-17-29(18-15-23)16-13-20-7-3-1-4-8-20/h1-12,19,23,28H,13-18H2. The van der Waals surface area contributed by atoms with Gasteiger partial charge >= 0.3 is 0 Å². The van der Waals surface area contributed by atoms with Crippen molar-refractivity contribution < 1.29 is 4.79 Å². The summed E-state index contributed by atoms with van der Waals surface area (Å²) in [6, 6.07) is 25.9. The second-order valence-corrected chi connectivity index (χ2v) is 8.32. The molecule has 1 fully saturated rings. The van der Waals surface area contributed by atoms with Crippen molar-refractivity contribution in [2.45, 2.75) is 25.3 Å². The number of anilines is 1. The van der Waals surface area contributed by atoms with Gasteiger partial charge in [0, 0.05) is 47.5 Å². The van der Waals surface area contributed by atoms with Gasteiger partial charge in [-0.2, -0.15) is 0 Å². The van der Waals surface area contributed by atoms with Crippen LogP contribution in [0.1, 0.15) is 34.3 Å². The van der Waals surface area contributed by atoms with Crippen LogP contribution < -0.4 is 5.32 Å². The van der Waals surface area contributed by atoms with Crippen molar-refractivity contribution in [3.8, 4) is 0 Å². The fraction of sp³-hybridized carbons (Fsp3) is 0.269. The largest absolute Gasteiger partial charge is 0.382 e. The zero-order chi connectivity index (χ0) is 20.8. The number of ketones is 1. The van der Waals surface area contributed by atoms with E-state index in [1.807, 2.05) is 42.5 Å². The summed E-state index contributed by atoms with van der Waals surface area (Å²) in [6.45, 7) is 3.23. The van der Waals surface area contributed by atoms with E-state index in [1.165, 1.54) is 5.56 Å². The molecule has 4 heteroatoms. The number of hydrogen-bond donors (Lipinski definition) is 1. The van der Waals surface area contributed by atoms with Gasteiger partial charge in [0.05, 0.1) is 0 Å². The summed E-state index contributed by atoms with van der Waals surface area (Å²) < 4.78 is 0. The molecule has 154 valence electrons. The predicted octanol–water partition coefficient (Wildman–Crippen LogP) is 5.69. The summed E-state index contributed by atoms with van der Waals surface area (Å²) in [5.41, 5.74) is 3.58. The quantitative estimate of drug-likeness (QED) is 0.500. The van der Waals surface area contributed by atoms with Crippen molar-refractivity contribution in [3.05, 3.63) is 101 Å².